The van der Waals surface area contributed by atoms with Gasteiger partial charge in [-0.15, -0.1) is 0 Å². The molecule has 0 radical (unpaired) electrons. The molecule has 0 aromatic heterocycles. The summed E-state index contributed by atoms with van der Waals surface area (Å²) in [5.74, 6) is 2.26. The standard InChI is InChI=1S/C19H21NO6/c1-10-20-13-9-14(21)15(22-2)8-12(13)18(26-10)11-6-16(23-3)19(25-5)17(7-11)24-4/h6-9,18,20-21H,1H2,2-5H3. The molecule has 1 unspecified atom stereocenters. The minimum Gasteiger partial charge on any atom is -0.504 e. The van der Waals surface area contributed by atoms with E-state index in [2.05, 4.69) is 11.9 Å². The Labute approximate surface area is 151 Å². The summed E-state index contributed by atoms with van der Waals surface area (Å²) < 4.78 is 27.4. The number of nitrogens with one attached hydrogen (secondary N) is 1. The van der Waals surface area contributed by atoms with Crippen molar-refractivity contribution in [3.63, 3.8) is 0 Å². The van der Waals surface area contributed by atoms with Crippen LogP contribution in [0.25, 0.3) is 0 Å². The van der Waals surface area contributed by atoms with Gasteiger partial charge in [0.2, 0.25) is 5.75 Å². The van der Waals surface area contributed by atoms with Crippen LogP contribution in [0.3, 0.4) is 0 Å². The molecule has 0 aliphatic carbocycles. The number of phenols is 1. The normalized spacial score (nSPS) is 15.4. The molecule has 0 saturated heterocycles. The molecule has 2 N–H and O–H groups in total. The predicted molar refractivity (Wildman–Crippen MR) is 96.4 cm³/mol. The Morgan fingerprint density at radius 2 is 1.54 bits per heavy atom. The number of ether oxygens (including phenoxy) is 5. The van der Waals surface area contributed by atoms with E-state index >= 15 is 0 Å². The Morgan fingerprint density at radius 3 is 2.08 bits per heavy atom. The van der Waals surface area contributed by atoms with Gasteiger partial charge < -0.3 is 34.1 Å². The van der Waals surface area contributed by atoms with Crippen LogP contribution in [0.2, 0.25) is 0 Å². The molecule has 0 spiro atoms. The van der Waals surface area contributed by atoms with Gasteiger partial charge in [0.1, 0.15) is 0 Å². The molecular formula is C19H21NO6. The quantitative estimate of drug-likeness (QED) is 0.847. The first-order chi connectivity index (χ1) is 12.5. The van der Waals surface area contributed by atoms with Crippen LogP contribution in [0.5, 0.6) is 28.7 Å². The highest BCUT2D eigenvalue weighted by Gasteiger charge is 2.29. The van der Waals surface area contributed by atoms with Crippen molar-refractivity contribution in [3.05, 3.63) is 47.9 Å². The second kappa shape index (κ2) is 6.95. The molecule has 138 valence electrons. The van der Waals surface area contributed by atoms with Crippen molar-refractivity contribution in [2.24, 2.45) is 0 Å². The average Bonchev–Trinajstić information content (AvgIpc) is 2.65. The van der Waals surface area contributed by atoms with E-state index in [0.717, 1.165) is 11.1 Å². The third-order valence-corrected chi connectivity index (χ3v) is 4.16. The molecule has 7 nitrogen and oxygen atoms in total. The monoisotopic (exact) mass is 359 g/mol. The molecule has 26 heavy (non-hydrogen) atoms. The van der Waals surface area contributed by atoms with E-state index < -0.39 is 6.10 Å². The first-order valence-electron chi connectivity index (χ1n) is 7.85. The smallest absolute Gasteiger partial charge is 0.203 e. The number of benzene rings is 2. The van der Waals surface area contributed by atoms with Crippen LogP contribution in [-0.4, -0.2) is 33.5 Å². The van der Waals surface area contributed by atoms with Gasteiger partial charge in [-0.05, 0) is 24.8 Å². The second-order valence-electron chi connectivity index (χ2n) is 5.62. The summed E-state index contributed by atoms with van der Waals surface area (Å²) in [4.78, 5) is 0. The second-order valence-corrected chi connectivity index (χ2v) is 5.62. The number of hydrogen-bond acceptors (Lipinski definition) is 7. The highest BCUT2D eigenvalue weighted by molar-refractivity contribution is 5.66. The number of hydrogen-bond donors (Lipinski definition) is 2. The van der Waals surface area contributed by atoms with E-state index in [-0.39, 0.29) is 5.75 Å². The topological polar surface area (TPSA) is 78.4 Å². The number of aromatic hydroxyl groups is 1. The summed E-state index contributed by atoms with van der Waals surface area (Å²) in [6, 6.07) is 6.92. The van der Waals surface area contributed by atoms with E-state index in [1.54, 1.807) is 33.5 Å². The van der Waals surface area contributed by atoms with Gasteiger partial charge in [0.15, 0.2) is 35.0 Å². The molecule has 3 rings (SSSR count). The fourth-order valence-corrected chi connectivity index (χ4v) is 2.96. The zero-order chi connectivity index (χ0) is 18.8. The SMILES string of the molecule is C=C1Nc2cc(O)c(OC)cc2C(c2cc(OC)c(OC)c(OC)c2)O1. The van der Waals surface area contributed by atoms with Gasteiger partial charge in [0, 0.05) is 17.2 Å². The van der Waals surface area contributed by atoms with Crippen molar-refractivity contribution >= 4 is 5.69 Å². The molecule has 2 aromatic rings. The molecule has 0 fully saturated rings. The van der Waals surface area contributed by atoms with Gasteiger partial charge in [0.25, 0.3) is 0 Å². The third kappa shape index (κ3) is 2.92. The first kappa shape index (κ1) is 17.6. The molecule has 1 aliphatic rings. The lowest BCUT2D eigenvalue weighted by atomic mass is 9.97. The Hall–Kier alpha value is -3.22. The van der Waals surface area contributed by atoms with Gasteiger partial charge in [-0.2, -0.15) is 0 Å². The van der Waals surface area contributed by atoms with Crippen molar-refractivity contribution in [2.45, 2.75) is 6.10 Å². The lowest BCUT2D eigenvalue weighted by Crippen LogP contribution is -2.18. The predicted octanol–water partition coefficient (Wildman–Crippen LogP) is 3.43. The van der Waals surface area contributed by atoms with Gasteiger partial charge in [-0.25, -0.2) is 0 Å². The van der Waals surface area contributed by atoms with Crippen LogP contribution in [0.1, 0.15) is 17.2 Å². The van der Waals surface area contributed by atoms with E-state index in [9.17, 15) is 5.11 Å². The molecule has 0 amide bonds. The van der Waals surface area contributed by atoms with E-state index in [1.165, 1.54) is 7.11 Å². The van der Waals surface area contributed by atoms with Crippen molar-refractivity contribution in [2.75, 3.05) is 33.8 Å². The highest BCUT2D eigenvalue weighted by Crippen LogP contribution is 2.46. The zero-order valence-corrected chi connectivity index (χ0v) is 15.1. The minimum atomic E-state index is -0.498. The molecule has 1 heterocycles. The number of fused-ring (bicyclic) bond motifs is 1. The molecule has 1 atom stereocenters. The molecule has 0 bridgehead atoms. The van der Waals surface area contributed by atoms with Crippen LogP contribution in [0.15, 0.2) is 36.7 Å². The summed E-state index contributed by atoms with van der Waals surface area (Å²) in [7, 11) is 6.15. The maximum atomic E-state index is 10.1. The Morgan fingerprint density at radius 1 is 0.923 bits per heavy atom. The van der Waals surface area contributed by atoms with Gasteiger partial charge >= 0.3 is 0 Å². The average molecular weight is 359 g/mol. The van der Waals surface area contributed by atoms with Gasteiger partial charge in [-0.3, -0.25) is 0 Å². The molecular weight excluding hydrogens is 338 g/mol. The minimum absolute atomic E-state index is 0.0251. The summed E-state index contributed by atoms with van der Waals surface area (Å²) in [6.07, 6.45) is -0.498. The summed E-state index contributed by atoms with van der Waals surface area (Å²) in [6.45, 7) is 3.85. The van der Waals surface area contributed by atoms with Crippen molar-refractivity contribution in [1.29, 1.82) is 0 Å². The van der Waals surface area contributed by atoms with Gasteiger partial charge in [0.05, 0.1) is 34.1 Å². The van der Waals surface area contributed by atoms with Crippen LogP contribution in [0, 0.1) is 0 Å². The number of phenolic OH excluding ortho intramolecular Hbond substituents is 1. The van der Waals surface area contributed by atoms with Gasteiger partial charge in [-0.1, -0.05) is 0 Å². The summed E-state index contributed by atoms with van der Waals surface area (Å²) >= 11 is 0. The Balaban J connectivity index is 2.17. The maximum absolute atomic E-state index is 10.1. The Bertz CT molecular complexity index is 823. The fourth-order valence-electron chi connectivity index (χ4n) is 2.96. The fraction of sp³-hybridized carbons (Fsp3) is 0.263. The lowest BCUT2D eigenvalue weighted by Gasteiger charge is -2.30. The van der Waals surface area contributed by atoms with Crippen molar-refractivity contribution in [3.8, 4) is 28.7 Å². The van der Waals surface area contributed by atoms with Crippen LogP contribution in [-0.2, 0) is 4.74 Å². The van der Waals surface area contributed by atoms with E-state index in [0.29, 0.717) is 34.6 Å². The largest absolute Gasteiger partial charge is 0.504 e. The number of anilines is 1. The molecule has 0 saturated carbocycles. The lowest BCUT2D eigenvalue weighted by molar-refractivity contribution is 0.147. The summed E-state index contributed by atoms with van der Waals surface area (Å²) in [5, 5.41) is 13.1. The Kier molecular flexibility index (Phi) is 4.71. The van der Waals surface area contributed by atoms with Crippen LogP contribution >= 0.6 is 0 Å². The number of rotatable bonds is 5. The molecule has 7 heteroatoms. The highest BCUT2D eigenvalue weighted by atomic mass is 16.5. The maximum Gasteiger partial charge on any atom is 0.203 e. The first-order valence-corrected chi connectivity index (χ1v) is 7.85. The number of methoxy groups -OCH3 is 4. The van der Waals surface area contributed by atoms with E-state index in [1.807, 2.05) is 12.1 Å². The van der Waals surface area contributed by atoms with Crippen molar-refractivity contribution < 1.29 is 28.8 Å². The third-order valence-electron chi connectivity index (χ3n) is 4.16. The van der Waals surface area contributed by atoms with Crippen LogP contribution in [0.4, 0.5) is 5.69 Å². The van der Waals surface area contributed by atoms with Crippen molar-refractivity contribution in [1.82, 2.24) is 0 Å². The molecule has 2 aromatic carbocycles. The van der Waals surface area contributed by atoms with E-state index in [4.69, 9.17) is 23.7 Å². The zero-order valence-electron chi connectivity index (χ0n) is 15.1. The summed E-state index contributed by atoms with van der Waals surface area (Å²) in [5.41, 5.74) is 2.23. The molecule has 1 aliphatic heterocycles. The van der Waals surface area contributed by atoms with Crippen LogP contribution < -0.4 is 24.3 Å².